The minimum Gasteiger partial charge on any atom is -0.348 e. The highest BCUT2D eigenvalue weighted by Gasteiger charge is 2.24. The topological polar surface area (TPSA) is 75.5 Å². The molecule has 0 bridgehead atoms. The Balaban J connectivity index is 1.87. The highest BCUT2D eigenvalue weighted by Crippen LogP contribution is 2.19. The molecule has 6 heteroatoms. The Morgan fingerprint density at radius 1 is 1.24 bits per heavy atom. The molecule has 2 aromatic rings. The summed E-state index contributed by atoms with van der Waals surface area (Å²) >= 11 is 0. The zero-order valence-corrected chi connectivity index (χ0v) is 14.9. The Bertz CT molecular complexity index is 762. The summed E-state index contributed by atoms with van der Waals surface area (Å²) in [6.45, 7) is 3.96. The number of rotatable bonds is 5. The molecule has 134 valence electrons. The molecule has 2 heterocycles. The average Bonchev–Trinajstić information content (AvgIpc) is 3.02. The molecular formula is C19H26N4O2. The number of hydrogen-bond acceptors (Lipinski definition) is 3. The number of amides is 2. The van der Waals surface area contributed by atoms with Crippen LogP contribution in [0.25, 0.3) is 5.52 Å². The van der Waals surface area contributed by atoms with Crippen molar-refractivity contribution in [2.24, 2.45) is 0 Å². The largest absolute Gasteiger partial charge is 0.348 e. The second kappa shape index (κ2) is 7.68. The quantitative estimate of drug-likeness (QED) is 0.877. The SMILES string of the molecule is CCC(C)NC(=O)c1nc(C(=O)NC2CCCCC2)n2ccccc12. The number of carbonyl (C=O) groups is 2. The molecule has 2 aromatic heterocycles. The van der Waals surface area contributed by atoms with E-state index in [9.17, 15) is 9.59 Å². The summed E-state index contributed by atoms with van der Waals surface area (Å²) in [5.41, 5.74) is 0.951. The van der Waals surface area contributed by atoms with Crippen LogP contribution in [0.5, 0.6) is 0 Å². The second-order valence-corrected chi connectivity index (χ2v) is 6.83. The van der Waals surface area contributed by atoms with Gasteiger partial charge in [-0.1, -0.05) is 32.3 Å². The van der Waals surface area contributed by atoms with E-state index in [1.54, 1.807) is 10.6 Å². The number of hydrogen-bond donors (Lipinski definition) is 2. The maximum atomic E-state index is 12.7. The van der Waals surface area contributed by atoms with Gasteiger partial charge in [0.25, 0.3) is 11.8 Å². The lowest BCUT2D eigenvalue weighted by Gasteiger charge is -2.22. The molecule has 0 spiro atoms. The van der Waals surface area contributed by atoms with Crippen molar-refractivity contribution in [2.75, 3.05) is 0 Å². The van der Waals surface area contributed by atoms with Crippen LogP contribution in [0, 0.1) is 0 Å². The van der Waals surface area contributed by atoms with Crippen molar-refractivity contribution < 1.29 is 9.59 Å². The smallest absolute Gasteiger partial charge is 0.287 e. The van der Waals surface area contributed by atoms with E-state index in [0.29, 0.717) is 11.2 Å². The van der Waals surface area contributed by atoms with Crippen LogP contribution >= 0.6 is 0 Å². The number of pyridine rings is 1. The van der Waals surface area contributed by atoms with Gasteiger partial charge < -0.3 is 10.6 Å². The van der Waals surface area contributed by atoms with Gasteiger partial charge in [0.05, 0.1) is 5.52 Å². The fourth-order valence-corrected chi connectivity index (χ4v) is 3.26. The van der Waals surface area contributed by atoms with Crippen LogP contribution in [0.3, 0.4) is 0 Å². The Hall–Kier alpha value is -2.37. The number of nitrogens with zero attached hydrogens (tertiary/aromatic N) is 2. The molecule has 2 N–H and O–H groups in total. The molecule has 2 amide bonds. The zero-order valence-electron chi connectivity index (χ0n) is 14.9. The minimum atomic E-state index is -0.241. The molecule has 0 radical (unpaired) electrons. The van der Waals surface area contributed by atoms with Gasteiger partial charge in [0.2, 0.25) is 5.82 Å². The van der Waals surface area contributed by atoms with E-state index < -0.39 is 0 Å². The van der Waals surface area contributed by atoms with Gasteiger partial charge in [0.1, 0.15) is 0 Å². The first-order valence-electron chi connectivity index (χ1n) is 9.19. The average molecular weight is 342 g/mol. The third kappa shape index (κ3) is 3.83. The first-order valence-corrected chi connectivity index (χ1v) is 9.19. The molecule has 0 aromatic carbocycles. The van der Waals surface area contributed by atoms with Crippen molar-refractivity contribution in [3.05, 3.63) is 35.9 Å². The van der Waals surface area contributed by atoms with Gasteiger partial charge in [-0.3, -0.25) is 14.0 Å². The van der Waals surface area contributed by atoms with Crippen molar-refractivity contribution in [3.8, 4) is 0 Å². The third-order valence-corrected chi connectivity index (χ3v) is 4.90. The summed E-state index contributed by atoms with van der Waals surface area (Å²) < 4.78 is 1.70. The highest BCUT2D eigenvalue weighted by molar-refractivity contribution is 6.02. The fourth-order valence-electron chi connectivity index (χ4n) is 3.26. The normalized spacial score (nSPS) is 16.6. The molecule has 6 nitrogen and oxygen atoms in total. The zero-order chi connectivity index (χ0) is 17.8. The molecule has 0 saturated heterocycles. The van der Waals surface area contributed by atoms with Crippen molar-refractivity contribution in [1.29, 1.82) is 0 Å². The van der Waals surface area contributed by atoms with Crippen LogP contribution < -0.4 is 10.6 Å². The van der Waals surface area contributed by atoms with E-state index in [-0.39, 0.29) is 29.7 Å². The molecular weight excluding hydrogens is 316 g/mol. The summed E-state index contributed by atoms with van der Waals surface area (Å²) in [6.07, 6.45) is 8.17. The Morgan fingerprint density at radius 2 is 2.00 bits per heavy atom. The van der Waals surface area contributed by atoms with Gasteiger partial charge in [0.15, 0.2) is 5.69 Å². The molecule has 25 heavy (non-hydrogen) atoms. The molecule has 1 saturated carbocycles. The van der Waals surface area contributed by atoms with Gasteiger partial charge in [-0.2, -0.15) is 0 Å². The number of aromatic nitrogens is 2. The lowest BCUT2D eigenvalue weighted by molar-refractivity contribution is 0.0916. The number of carbonyl (C=O) groups excluding carboxylic acids is 2. The molecule has 1 aliphatic carbocycles. The van der Waals surface area contributed by atoms with E-state index in [1.807, 2.05) is 32.0 Å². The number of fused-ring (bicyclic) bond motifs is 1. The predicted octanol–water partition coefficient (Wildman–Crippen LogP) is 2.93. The van der Waals surface area contributed by atoms with Crippen LogP contribution in [-0.2, 0) is 0 Å². The monoisotopic (exact) mass is 342 g/mol. The molecule has 1 aliphatic rings. The second-order valence-electron chi connectivity index (χ2n) is 6.83. The summed E-state index contributed by atoms with van der Waals surface area (Å²) in [5, 5.41) is 6.00. The van der Waals surface area contributed by atoms with Gasteiger partial charge in [0, 0.05) is 18.3 Å². The van der Waals surface area contributed by atoms with Gasteiger partial charge in [-0.15, -0.1) is 0 Å². The highest BCUT2D eigenvalue weighted by atomic mass is 16.2. The Morgan fingerprint density at radius 3 is 2.72 bits per heavy atom. The van der Waals surface area contributed by atoms with Gasteiger partial charge in [-0.05, 0) is 38.3 Å². The van der Waals surface area contributed by atoms with Crippen LogP contribution in [0.4, 0.5) is 0 Å². The summed E-state index contributed by atoms with van der Waals surface area (Å²) in [4.78, 5) is 29.6. The molecule has 3 rings (SSSR count). The van der Waals surface area contributed by atoms with E-state index in [4.69, 9.17) is 0 Å². The molecule has 1 atom stereocenters. The standard InChI is InChI=1S/C19H26N4O2/c1-3-13(2)20-18(24)16-15-11-7-8-12-23(15)17(22-16)19(25)21-14-9-5-4-6-10-14/h7-8,11-14H,3-6,9-10H2,1-2H3,(H,20,24)(H,21,25). The van der Waals surface area contributed by atoms with Crippen molar-refractivity contribution >= 4 is 17.3 Å². The number of nitrogens with one attached hydrogen (secondary N) is 2. The third-order valence-electron chi connectivity index (χ3n) is 4.90. The lowest BCUT2D eigenvalue weighted by atomic mass is 9.95. The van der Waals surface area contributed by atoms with E-state index in [2.05, 4.69) is 15.6 Å². The van der Waals surface area contributed by atoms with E-state index in [1.165, 1.54) is 6.42 Å². The van der Waals surface area contributed by atoms with Crippen LogP contribution in [-0.4, -0.2) is 33.3 Å². The van der Waals surface area contributed by atoms with E-state index >= 15 is 0 Å². The van der Waals surface area contributed by atoms with Gasteiger partial charge in [-0.25, -0.2) is 4.98 Å². The van der Waals surface area contributed by atoms with Crippen LogP contribution in [0.15, 0.2) is 24.4 Å². The van der Waals surface area contributed by atoms with Crippen molar-refractivity contribution in [2.45, 2.75) is 64.5 Å². The summed E-state index contributed by atoms with van der Waals surface area (Å²) in [5.74, 6) is -0.180. The minimum absolute atomic E-state index is 0.0625. The Labute approximate surface area is 148 Å². The molecule has 1 fully saturated rings. The maximum Gasteiger partial charge on any atom is 0.287 e. The van der Waals surface area contributed by atoms with Crippen LogP contribution in [0.1, 0.15) is 73.5 Å². The van der Waals surface area contributed by atoms with Crippen molar-refractivity contribution in [1.82, 2.24) is 20.0 Å². The van der Waals surface area contributed by atoms with Gasteiger partial charge >= 0.3 is 0 Å². The Kier molecular flexibility index (Phi) is 5.36. The summed E-state index contributed by atoms with van der Waals surface area (Å²) in [7, 11) is 0. The summed E-state index contributed by atoms with van der Waals surface area (Å²) in [6, 6.07) is 5.76. The molecule has 1 unspecified atom stereocenters. The maximum absolute atomic E-state index is 12.7. The number of imidazole rings is 1. The molecule has 0 aliphatic heterocycles. The van der Waals surface area contributed by atoms with E-state index in [0.717, 1.165) is 32.1 Å². The lowest BCUT2D eigenvalue weighted by Crippen LogP contribution is -2.37. The van der Waals surface area contributed by atoms with Crippen molar-refractivity contribution in [3.63, 3.8) is 0 Å². The first kappa shape index (κ1) is 17.5. The van der Waals surface area contributed by atoms with Crippen LogP contribution in [0.2, 0.25) is 0 Å². The predicted molar refractivity (Wildman–Crippen MR) is 96.8 cm³/mol. The first-order chi connectivity index (χ1) is 12.1. The fraction of sp³-hybridized carbons (Fsp3) is 0.526.